The number of epoxide rings is 1. The van der Waals surface area contributed by atoms with E-state index in [0.29, 0.717) is 12.2 Å². The number of hydrogen-bond acceptors (Lipinski definition) is 4. The van der Waals surface area contributed by atoms with Crippen molar-refractivity contribution in [3.63, 3.8) is 0 Å². The summed E-state index contributed by atoms with van der Waals surface area (Å²) in [5, 5.41) is 9.01. The zero-order chi connectivity index (χ0) is 10.8. The third kappa shape index (κ3) is 1.24. The van der Waals surface area contributed by atoms with Crippen molar-refractivity contribution in [2.24, 2.45) is 0 Å². The van der Waals surface area contributed by atoms with E-state index in [2.05, 4.69) is 0 Å². The molecule has 4 nitrogen and oxygen atoms in total. The molecule has 4 aliphatic rings. The molecule has 2 bridgehead atoms. The highest BCUT2D eigenvalue weighted by Gasteiger charge is 2.66. The van der Waals surface area contributed by atoms with E-state index in [1.807, 2.05) is 0 Å². The maximum absolute atomic E-state index is 9.01. The molecule has 4 fully saturated rings. The molecule has 16 heavy (non-hydrogen) atoms. The quantitative estimate of drug-likeness (QED) is 0.701. The highest BCUT2D eigenvalue weighted by Crippen LogP contribution is 2.55. The van der Waals surface area contributed by atoms with Gasteiger partial charge in [0.15, 0.2) is 0 Å². The minimum absolute atomic E-state index is 0.0829. The molecule has 1 saturated carbocycles. The van der Waals surface area contributed by atoms with Gasteiger partial charge in [-0.3, -0.25) is 0 Å². The molecule has 90 valence electrons. The molecule has 1 aliphatic carbocycles. The molecule has 1 N–H and O–H groups in total. The van der Waals surface area contributed by atoms with Crippen LogP contribution in [0, 0.1) is 0 Å². The lowest BCUT2D eigenvalue weighted by Gasteiger charge is -2.42. The summed E-state index contributed by atoms with van der Waals surface area (Å²) in [7, 11) is 0. The van der Waals surface area contributed by atoms with Crippen molar-refractivity contribution in [3.05, 3.63) is 0 Å². The molecule has 4 heteroatoms. The lowest BCUT2D eigenvalue weighted by Crippen LogP contribution is -2.50. The van der Waals surface area contributed by atoms with Crippen LogP contribution in [0.1, 0.15) is 32.1 Å². The predicted octanol–water partition coefficient (Wildman–Crippen LogP) is 0.615. The van der Waals surface area contributed by atoms with Crippen molar-refractivity contribution in [1.29, 1.82) is 0 Å². The van der Waals surface area contributed by atoms with Gasteiger partial charge in [-0.2, -0.15) is 0 Å². The summed E-state index contributed by atoms with van der Waals surface area (Å²) in [4.78, 5) is 0. The second kappa shape index (κ2) is 3.19. The summed E-state index contributed by atoms with van der Waals surface area (Å²) in [6, 6.07) is 0. The summed E-state index contributed by atoms with van der Waals surface area (Å²) in [5.41, 5.74) is -0.0829. The SMILES string of the molecule is OCC[C@H]1CC[C@@H]2OC3CC2(C[C@H]2O[C@@H]32)O1. The van der Waals surface area contributed by atoms with Crippen LogP contribution in [-0.2, 0) is 14.2 Å². The van der Waals surface area contributed by atoms with Gasteiger partial charge in [-0.15, -0.1) is 0 Å². The standard InChI is InChI=1S/C12H18O4/c13-4-3-7-1-2-10-12(16-7)5-8(14-10)11-9(6-12)15-11/h7-11,13H,1-6H2/t7-,8?,9-,10+,11+,12?/m1/s1. The van der Waals surface area contributed by atoms with Gasteiger partial charge >= 0.3 is 0 Å². The number of rotatable bonds is 2. The fourth-order valence-corrected chi connectivity index (χ4v) is 3.83. The minimum Gasteiger partial charge on any atom is -0.396 e. The van der Waals surface area contributed by atoms with Gasteiger partial charge in [0.05, 0.1) is 30.0 Å². The van der Waals surface area contributed by atoms with E-state index >= 15 is 0 Å². The number of hydrogen-bond donors (Lipinski definition) is 1. The second-order valence-electron chi connectivity index (χ2n) is 5.60. The Kier molecular flexibility index (Phi) is 1.96. The summed E-state index contributed by atoms with van der Waals surface area (Å²) in [6.07, 6.45) is 6.39. The Morgan fingerprint density at radius 1 is 1.12 bits per heavy atom. The zero-order valence-electron chi connectivity index (χ0n) is 9.30. The van der Waals surface area contributed by atoms with Crippen LogP contribution < -0.4 is 0 Å². The van der Waals surface area contributed by atoms with Crippen molar-refractivity contribution in [1.82, 2.24) is 0 Å². The van der Waals surface area contributed by atoms with E-state index in [1.165, 1.54) is 0 Å². The Morgan fingerprint density at radius 2 is 1.94 bits per heavy atom. The van der Waals surface area contributed by atoms with Crippen LogP contribution in [0.2, 0.25) is 0 Å². The highest BCUT2D eigenvalue weighted by atomic mass is 16.6. The van der Waals surface area contributed by atoms with Crippen molar-refractivity contribution in [2.75, 3.05) is 6.61 Å². The third-order valence-corrected chi connectivity index (χ3v) is 4.61. The van der Waals surface area contributed by atoms with E-state index in [9.17, 15) is 0 Å². The summed E-state index contributed by atoms with van der Waals surface area (Å²) < 4.78 is 17.9. The van der Waals surface area contributed by atoms with E-state index in [1.54, 1.807) is 0 Å². The lowest BCUT2D eigenvalue weighted by molar-refractivity contribution is -0.172. The average molecular weight is 226 g/mol. The molecular formula is C12H18O4. The molecule has 3 saturated heterocycles. The molecule has 6 atom stereocenters. The van der Waals surface area contributed by atoms with Gasteiger partial charge in [0.2, 0.25) is 0 Å². The van der Waals surface area contributed by atoms with Crippen molar-refractivity contribution < 1.29 is 19.3 Å². The largest absolute Gasteiger partial charge is 0.396 e. The van der Waals surface area contributed by atoms with Crippen LogP contribution in [0.3, 0.4) is 0 Å². The van der Waals surface area contributed by atoms with Gasteiger partial charge < -0.3 is 19.3 Å². The van der Waals surface area contributed by atoms with E-state index in [-0.39, 0.29) is 30.5 Å². The van der Waals surface area contributed by atoms with Crippen molar-refractivity contribution in [2.45, 2.75) is 68.2 Å². The maximum Gasteiger partial charge on any atom is 0.110 e. The third-order valence-electron chi connectivity index (χ3n) is 4.61. The van der Waals surface area contributed by atoms with Gasteiger partial charge in [0.25, 0.3) is 0 Å². The van der Waals surface area contributed by atoms with Crippen LogP contribution in [0.15, 0.2) is 0 Å². The molecular weight excluding hydrogens is 208 g/mol. The topological polar surface area (TPSA) is 51.2 Å². The molecule has 0 aromatic carbocycles. The normalized spacial score (nSPS) is 57.9. The van der Waals surface area contributed by atoms with E-state index in [0.717, 1.165) is 32.1 Å². The van der Waals surface area contributed by atoms with Gasteiger partial charge in [-0.05, 0) is 19.3 Å². The fraction of sp³-hybridized carbons (Fsp3) is 1.00. The number of aliphatic hydroxyl groups excluding tert-OH is 1. The van der Waals surface area contributed by atoms with Gasteiger partial charge in [-0.25, -0.2) is 0 Å². The molecule has 0 aromatic heterocycles. The first-order valence-electron chi connectivity index (χ1n) is 6.40. The Labute approximate surface area is 94.9 Å². The van der Waals surface area contributed by atoms with E-state index in [4.69, 9.17) is 19.3 Å². The molecule has 1 spiro atoms. The van der Waals surface area contributed by atoms with E-state index < -0.39 is 0 Å². The monoisotopic (exact) mass is 226 g/mol. The first-order chi connectivity index (χ1) is 7.81. The highest BCUT2D eigenvalue weighted by molar-refractivity contribution is 5.14. The van der Waals surface area contributed by atoms with Crippen LogP contribution >= 0.6 is 0 Å². The maximum atomic E-state index is 9.01. The summed E-state index contributed by atoms with van der Waals surface area (Å²) in [6.45, 7) is 0.220. The lowest BCUT2D eigenvalue weighted by atomic mass is 9.78. The Bertz CT molecular complexity index is 303. The molecule has 0 amide bonds. The number of ether oxygens (including phenoxy) is 3. The molecule has 0 radical (unpaired) electrons. The molecule has 3 heterocycles. The molecule has 2 unspecified atom stereocenters. The Balaban J connectivity index is 1.56. The molecule has 4 rings (SSSR count). The number of fused-ring (bicyclic) bond motifs is 3. The first-order valence-corrected chi connectivity index (χ1v) is 6.40. The predicted molar refractivity (Wildman–Crippen MR) is 55.1 cm³/mol. The average Bonchev–Trinajstić information content (AvgIpc) is 2.94. The Hall–Kier alpha value is -0.160. The van der Waals surface area contributed by atoms with Gasteiger partial charge in [-0.1, -0.05) is 0 Å². The van der Waals surface area contributed by atoms with Crippen molar-refractivity contribution in [3.8, 4) is 0 Å². The molecule has 3 aliphatic heterocycles. The Morgan fingerprint density at radius 3 is 2.75 bits per heavy atom. The van der Waals surface area contributed by atoms with Crippen molar-refractivity contribution >= 4 is 0 Å². The van der Waals surface area contributed by atoms with Crippen LogP contribution in [0.25, 0.3) is 0 Å². The van der Waals surface area contributed by atoms with Gasteiger partial charge in [0.1, 0.15) is 6.10 Å². The van der Waals surface area contributed by atoms with Crippen LogP contribution in [0.4, 0.5) is 0 Å². The smallest absolute Gasteiger partial charge is 0.110 e. The fourth-order valence-electron chi connectivity index (χ4n) is 3.83. The second-order valence-corrected chi connectivity index (χ2v) is 5.60. The van der Waals surface area contributed by atoms with Crippen LogP contribution in [0.5, 0.6) is 0 Å². The summed E-state index contributed by atoms with van der Waals surface area (Å²) >= 11 is 0. The molecule has 0 aromatic rings. The first kappa shape index (κ1) is 9.83. The number of aliphatic hydroxyl groups is 1. The van der Waals surface area contributed by atoms with Gasteiger partial charge in [0, 0.05) is 19.4 Å². The van der Waals surface area contributed by atoms with Crippen LogP contribution in [-0.4, -0.2) is 47.8 Å². The zero-order valence-corrected chi connectivity index (χ0v) is 9.30. The minimum atomic E-state index is -0.0829. The summed E-state index contributed by atoms with van der Waals surface area (Å²) in [5.74, 6) is 0.